The van der Waals surface area contributed by atoms with Crippen LogP contribution in [0.15, 0.2) is 12.3 Å². The zero-order chi connectivity index (χ0) is 14.8. The fourth-order valence-corrected chi connectivity index (χ4v) is 2.83. The van der Waals surface area contributed by atoms with E-state index in [1.807, 2.05) is 0 Å². The normalized spacial score (nSPS) is 28.8. The Morgan fingerprint density at radius 1 is 1.50 bits per heavy atom. The Hall–Kier alpha value is -0.870. The molecule has 20 heavy (non-hydrogen) atoms. The second kappa shape index (κ2) is 6.27. The van der Waals surface area contributed by atoms with Gasteiger partial charge in [-0.05, 0) is 53.1 Å². The zero-order valence-corrected chi connectivity index (χ0v) is 13.7. The molecule has 2 rings (SSSR count). The summed E-state index contributed by atoms with van der Waals surface area (Å²) < 4.78 is 2.05. The molecule has 1 N–H and O–H groups in total. The first-order valence-electron chi connectivity index (χ1n) is 7.96. The molecule has 2 unspecified atom stereocenters. The first-order chi connectivity index (χ1) is 9.43. The minimum absolute atomic E-state index is 0.228. The van der Waals surface area contributed by atoms with E-state index in [0.717, 1.165) is 26.1 Å². The lowest BCUT2D eigenvalue weighted by molar-refractivity contribution is 0.161. The molecular weight excluding hydrogens is 248 g/mol. The zero-order valence-electron chi connectivity index (χ0n) is 13.7. The minimum atomic E-state index is 0.228. The van der Waals surface area contributed by atoms with Gasteiger partial charge in [-0.3, -0.25) is 9.58 Å². The lowest BCUT2D eigenvalue weighted by Crippen LogP contribution is -2.49. The molecule has 0 amide bonds. The molecule has 4 heteroatoms. The van der Waals surface area contributed by atoms with Crippen LogP contribution in [0.5, 0.6) is 0 Å². The molecule has 2 atom stereocenters. The molecule has 1 fully saturated rings. The Labute approximate surface area is 123 Å². The second-order valence-electron chi connectivity index (χ2n) is 6.76. The molecule has 4 nitrogen and oxygen atoms in total. The average molecular weight is 278 g/mol. The monoisotopic (exact) mass is 278 g/mol. The quantitative estimate of drug-likeness (QED) is 0.919. The first-order valence-corrected chi connectivity index (χ1v) is 7.96. The number of nitrogens with zero attached hydrogens (tertiary/aromatic N) is 3. The van der Waals surface area contributed by atoms with Crippen LogP contribution in [-0.2, 0) is 6.54 Å². The Morgan fingerprint density at radius 2 is 2.25 bits per heavy atom. The van der Waals surface area contributed by atoms with Gasteiger partial charge in [-0.15, -0.1) is 0 Å². The summed E-state index contributed by atoms with van der Waals surface area (Å²) in [5.74, 6) is 0. The summed E-state index contributed by atoms with van der Waals surface area (Å²) in [5.41, 5.74) is 1.41. The number of hydrogen-bond acceptors (Lipinski definition) is 3. The van der Waals surface area contributed by atoms with Crippen molar-refractivity contribution in [1.29, 1.82) is 0 Å². The van der Waals surface area contributed by atoms with E-state index in [9.17, 15) is 0 Å². The van der Waals surface area contributed by atoms with Gasteiger partial charge >= 0.3 is 0 Å². The maximum Gasteiger partial charge on any atom is 0.0765 e. The number of hydrogen-bond donors (Lipinski definition) is 1. The molecule has 0 spiro atoms. The van der Waals surface area contributed by atoms with Crippen LogP contribution in [0.1, 0.15) is 59.2 Å². The van der Waals surface area contributed by atoms with E-state index in [2.05, 4.69) is 61.8 Å². The fourth-order valence-electron chi connectivity index (χ4n) is 2.83. The molecule has 0 saturated carbocycles. The molecular formula is C16H30N4. The van der Waals surface area contributed by atoms with Crippen LogP contribution >= 0.6 is 0 Å². The second-order valence-corrected chi connectivity index (χ2v) is 6.76. The SMILES string of the molecule is CCC1(C)CN(Cc2ccn(C(C)C)n2)C(C)CCN1. The van der Waals surface area contributed by atoms with E-state index < -0.39 is 0 Å². The lowest BCUT2D eigenvalue weighted by Gasteiger charge is -2.34. The molecule has 0 aliphatic carbocycles. The summed E-state index contributed by atoms with van der Waals surface area (Å²) >= 11 is 0. The highest BCUT2D eigenvalue weighted by molar-refractivity contribution is 5.01. The third-order valence-corrected chi connectivity index (χ3v) is 4.63. The summed E-state index contributed by atoms with van der Waals surface area (Å²) in [6.45, 7) is 14.5. The fraction of sp³-hybridized carbons (Fsp3) is 0.812. The third-order valence-electron chi connectivity index (χ3n) is 4.63. The van der Waals surface area contributed by atoms with Gasteiger partial charge in [0.2, 0.25) is 0 Å². The van der Waals surface area contributed by atoms with Crippen molar-refractivity contribution in [1.82, 2.24) is 20.0 Å². The van der Waals surface area contributed by atoms with Crippen molar-refractivity contribution < 1.29 is 0 Å². The molecule has 1 aromatic heterocycles. The van der Waals surface area contributed by atoms with Crippen LogP contribution in [0.25, 0.3) is 0 Å². The van der Waals surface area contributed by atoms with Crippen LogP contribution in [0.2, 0.25) is 0 Å². The van der Waals surface area contributed by atoms with Gasteiger partial charge < -0.3 is 5.32 Å². The van der Waals surface area contributed by atoms with Crippen LogP contribution < -0.4 is 5.32 Å². The van der Waals surface area contributed by atoms with Crippen molar-refractivity contribution in [3.63, 3.8) is 0 Å². The number of nitrogens with one attached hydrogen (secondary N) is 1. The summed E-state index contributed by atoms with van der Waals surface area (Å²) in [5, 5.41) is 8.41. The van der Waals surface area contributed by atoms with Crippen LogP contribution in [0.3, 0.4) is 0 Å². The van der Waals surface area contributed by atoms with Crippen LogP contribution in [0, 0.1) is 0 Å². The third kappa shape index (κ3) is 3.61. The average Bonchev–Trinajstić information content (AvgIpc) is 2.81. The maximum atomic E-state index is 4.70. The highest BCUT2D eigenvalue weighted by Gasteiger charge is 2.30. The Balaban J connectivity index is 2.08. The Morgan fingerprint density at radius 3 is 2.85 bits per heavy atom. The highest BCUT2D eigenvalue weighted by atomic mass is 15.3. The molecule has 1 aliphatic rings. The molecule has 2 heterocycles. The van der Waals surface area contributed by atoms with Gasteiger partial charge in [-0.2, -0.15) is 5.10 Å². The van der Waals surface area contributed by atoms with E-state index >= 15 is 0 Å². The van der Waals surface area contributed by atoms with Gasteiger partial charge in [0.1, 0.15) is 0 Å². The van der Waals surface area contributed by atoms with E-state index in [1.54, 1.807) is 0 Å². The summed E-state index contributed by atoms with van der Waals surface area (Å²) in [6.07, 6.45) is 4.47. The van der Waals surface area contributed by atoms with Gasteiger partial charge in [0.15, 0.2) is 0 Å². The summed E-state index contributed by atoms with van der Waals surface area (Å²) in [6, 6.07) is 3.21. The highest BCUT2D eigenvalue weighted by Crippen LogP contribution is 2.20. The predicted octanol–water partition coefficient (Wildman–Crippen LogP) is 2.82. The van der Waals surface area contributed by atoms with E-state index in [0.29, 0.717) is 12.1 Å². The van der Waals surface area contributed by atoms with E-state index in [1.165, 1.54) is 12.1 Å². The molecule has 114 valence electrons. The van der Waals surface area contributed by atoms with E-state index in [-0.39, 0.29) is 5.54 Å². The van der Waals surface area contributed by atoms with Gasteiger partial charge in [-0.25, -0.2) is 0 Å². The summed E-state index contributed by atoms with van der Waals surface area (Å²) in [4.78, 5) is 2.58. The van der Waals surface area contributed by atoms with Crippen molar-refractivity contribution in [3.8, 4) is 0 Å². The standard InChI is InChI=1S/C16H30N4/c1-6-16(5)12-19(14(4)7-9-17-16)11-15-8-10-20(18-15)13(2)3/h8,10,13-14,17H,6-7,9,11-12H2,1-5H3. The van der Waals surface area contributed by atoms with Crippen molar-refractivity contribution in [3.05, 3.63) is 18.0 Å². The largest absolute Gasteiger partial charge is 0.310 e. The first kappa shape index (κ1) is 15.5. The molecule has 1 aromatic rings. The van der Waals surface area contributed by atoms with Gasteiger partial charge in [0, 0.05) is 36.9 Å². The minimum Gasteiger partial charge on any atom is -0.310 e. The van der Waals surface area contributed by atoms with Crippen LogP contribution in [0.4, 0.5) is 0 Å². The smallest absolute Gasteiger partial charge is 0.0765 e. The molecule has 0 radical (unpaired) electrons. The molecule has 1 aliphatic heterocycles. The van der Waals surface area contributed by atoms with Crippen molar-refractivity contribution in [2.24, 2.45) is 0 Å². The molecule has 0 bridgehead atoms. The van der Waals surface area contributed by atoms with Gasteiger partial charge in [0.05, 0.1) is 5.69 Å². The van der Waals surface area contributed by atoms with Crippen LogP contribution in [-0.4, -0.2) is 39.4 Å². The van der Waals surface area contributed by atoms with Gasteiger partial charge in [-0.1, -0.05) is 6.92 Å². The van der Waals surface area contributed by atoms with Crippen molar-refractivity contribution in [2.45, 2.75) is 71.6 Å². The maximum absolute atomic E-state index is 4.70. The topological polar surface area (TPSA) is 33.1 Å². The Kier molecular flexibility index (Phi) is 4.86. The van der Waals surface area contributed by atoms with Gasteiger partial charge in [0.25, 0.3) is 0 Å². The van der Waals surface area contributed by atoms with Crippen molar-refractivity contribution >= 4 is 0 Å². The lowest BCUT2D eigenvalue weighted by atomic mass is 9.98. The molecule has 1 saturated heterocycles. The Bertz CT molecular complexity index is 426. The number of aromatic nitrogens is 2. The molecule has 0 aromatic carbocycles. The summed E-state index contributed by atoms with van der Waals surface area (Å²) in [7, 11) is 0. The van der Waals surface area contributed by atoms with E-state index in [4.69, 9.17) is 5.10 Å². The van der Waals surface area contributed by atoms with Crippen molar-refractivity contribution in [2.75, 3.05) is 13.1 Å². The number of rotatable bonds is 4. The predicted molar refractivity (Wildman–Crippen MR) is 83.8 cm³/mol.